The van der Waals surface area contributed by atoms with Gasteiger partial charge in [-0.25, -0.2) is 9.18 Å². The number of nitrogens with zero attached hydrogens (tertiary/aromatic N) is 2. The maximum absolute atomic E-state index is 14.5. The Morgan fingerprint density at radius 2 is 2.17 bits per heavy atom. The van der Waals surface area contributed by atoms with Crippen molar-refractivity contribution in [3.8, 4) is 6.07 Å². The number of rotatable bonds is 3. The van der Waals surface area contributed by atoms with Gasteiger partial charge in [-0.3, -0.25) is 0 Å². The first kappa shape index (κ1) is 16.0. The zero-order valence-corrected chi connectivity index (χ0v) is 13.5. The molecule has 24 heavy (non-hydrogen) atoms. The fourth-order valence-electron chi connectivity index (χ4n) is 2.64. The highest BCUT2D eigenvalue weighted by molar-refractivity contribution is 6.31. The van der Waals surface area contributed by atoms with Crippen LogP contribution in [0.15, 0.2) is 42.6 Å². The van der Waals surface area contributed by atoms with Gasteiger partial charge in [0.2, 0.25) is 0 Å². The molecular weight excluding hydrogens is 331 g/mol. The molecule has 3 rings (SSSR count). The van der Waals surface area contributed by atoms with Crippen LogP contribution >= 0.6 is 11.6 Å². The number of carbonyl (C=O) groups is 1. The lowest BCUT2D eigenvalue weighted by molar-refractivity contribution is 0.0595. The van der Waals surface area contributed by atoms with E-state index in [1.165, 1.54) is 13.2 Å². The SMILES string of the molecule is COC(=O)c1cccc(Cn2cc(C#N)c3cc(Cl)ccc32)c1F. The van der Waals surface area contributed by atoms with Gasteiger partial charge in [-0.2, -0.15) is 5.26 Å². The third-order valence-corrected chi connectivity index (χ3v) is 4.02. The van der Waals surface area contributed by atoms with E-state index in [2.05, 4.69) is 10.8 Å². The summed E-state index contributed by atoms with van der Waals surface area (Å²) in [5.74, 6) is -1.35. The minimum atomic E-state index is -0.726. The van der Waals surface area contributed by atoms with Crippen LogP contribution in [0.1, 0.15) is 21.5 Å². The smallest absolute Gasteiger partial charge is 0.340 e. The van der Waals surface area contributed by atoms with Crippen LogP contribution < -0.4 is 0 Å². The molecule has 0 saturated carbocycles. The molecular formula is C18H12ClFN2O2. The highest BCUT2D eigenvalue weighted by atomic mass is 35.5. The lowest BCUT2D eigenvalue weighted by atomic mass is 10.1. The molecule has 0 amide bonds. The number of hydrogen-bond donors (Lipinski definition) is 0. The van der Waals surface area contributed by atoms with E-state index >= 15 is 0 Å². The zero-order chi connectivity index (χ0) is 17.3. The molecule has 4 nitrogen and oxygen atoms in total. The largest absolute Gasteiger partial charge is 0.465 e. The Bertz CT molecular complexity index is 989. The number of esters is 1. The molecule has 0 N–H and O–H groups in total. The van der Waals surface area contributed by atoms with Crippen LogP contribution in [-0.4, -0.2) is 17.6 Å². The Labute approximate surface area is 142 Å². The normalized spacial score (nSPS) is 10.6. The van der Waals surface area contributed by atoms with Crippen LogP contribution in [0.25, 0.3) is 10.9 Å². The second-order valence-electron chi connectivity index (χ2n) is 5.21. The number of carbonyl (C=O) groups excluding carboxylic acids is 1. The van der Waals surface area contributed by atoms with Crippen molar-refractivity contribution in [3.05, 3.63) is 70.1 Å². The van der Waals surface area contributed by atoms with Crippen LogP contribution in [0.5, 0.6) is 0 Å². The first-order valence-electron chi connectivity index (χ1n) is 7.09. The number of nitriles is 1. The summed E-state index contributed by atoms with van der Waals surface area (Å²) in [6, 6.07) is 11.9. The molecule has 0 fully saturated rings. The third-order valence-electron chi connectivity index (χ3n) is 3.79. The van der Waals surface area contributed by atoms with Crippen LogP contribution in [-0.2, 0) is 11.3 Å². The van der Waals surface area contributed by atoms with Gasteiger partial charge in [-0.05, 0) is 24.3 Å². The van der Waals surface area contributed by atoms with E-state index < -0.39 is 11.8 Å². The van der Waals surface area contributed by atoms with Crippen molar-refractivity contribution in [1.29, 1.82) is 5.26 Å². The molecule has 0 aliphatic carbocycles. The lowest BCUT2D eigenvalue weighted by Gasteiger charge is -2.09. The van der Waals surface area contributed by atoms with Gasteiger partial charge in [0.05, 0.1) is 24.8 Å². The Morgan fingerprint density at radius 3 is 2.88 bits per heavy atom. The van der Waals surface area contributed by atoms with Gasteiger partial charge in [0, 0.05) is 27.7 Å². The van der Waals surface area contributed by atoms with Crippen LogP contribution in [0.3, 0.4) is 0 Å². The van der Waals surface area contributed by atoms with Crippen molar-refractivity contribution in [3.63, 3.8) is 0 Å². The van der Waals surface area contributed by atoms with Gasteiger partial charge >= 0.3 is 5.97 Å². The Kier molecular flexibility index (Phi) is 4.24. The fraction of sp³-hybridized carbons (Fsp3) is 0.111. The molecule has 3 aromatic rings. The zero-order valence-electron chi connectivity index (χ0n) is 12.7. The van der Waals surface area contributed by atoms with Crippen molar-refractivity contribution >= 4 is 28.5 Å². The standard InChI is InChI=1S/C18H12ClFN2O2/c1-24-18(23)14-4-2-3-11(17(14)20)9-22-10-12(8-21)15-7-13(19)5-6-16(15)22/h2-7,10H,9H2,1H3. The molecule has 2 aromatic carbocycles. The number of fused-ring (bicyclic) bond motifs is 1. The minimum absolute atomic E-state index is 0.116. The summed E-state index contributed by atoms with van der Waals surface area (Å²) in [5, 5.41) is 10.5. The third kappa shape index (κ3) is 2.72. The molecule has 1 heterocycles. The Balaban J connectivity index is 2.09. The second kappa shape index (κ2) is 6.34. The van der Waals surface area contributed by atoms with Crippen LogP contribution in [0.4, 0.5) is 4.39 Å². The summed E-state index contributed by atoms with van der Waals surface area (Å²) in [4.78, 5) is 11.6. The first-order valence-corrected chi connectivity index (χ1v) is 7.47. The van der Waals surface area contributed by atoms with Gasteiger partial charge in [0.1, 0.15) is 11.9 Å². The molecule has 0 bridgehead atoms. The number of ether oxygens (including phenoxy) is 1. The second-order valence-corrected chi connectivity index (χ2v) is 5.65. The van der Waals surface area contributed by atoms with Crippen molar-refractivity contribution < 1.29 is 13.9 Å². The van der Waals surface area contributed by atoms with E-state index in [0.29, 0.717) is 21.5 Å². The summed E-state index contributed by atoms with van der Waals surface area (Å²) in [6.07, 6.45) is 1.64. The number of aromatic nitrogens is 1. The van der Waals surface area contributed by atoms with Crippen molar-refractivity contribution in [1.82, 2.24) is 4.57 Å². The predicted molar refractivity (Wildman–Crippen MR) is 88.5 cm³/mol. The summed E-state index contributed by atoms with van der Waals surface area (Å²) < 4.78 is 20.9. The predicted octanol–water partition coefficient (Wildman–Crippen LogP) is 4.14. The molecule has 0 spiro atoms. The van der Waals surface area contributed by atoms with E-state index in [9.17, 15) is 14.4 Å². The highest BCUT2D eigenvalue weighted by Gasteiger charge is 2.17. The number of halogens is 2. The van der Waals surface area contributed by atoms with E-state index in [4.69, 9.17) is 11.6 Å². The van der Waals surface area contributed by atoms with E-state index in [0.717, 1.165) is 5.52 Å². The quantitative estimate of drug-likeness (QED) is 0.672. The molecule has 0 aliphatic rings. The minimum Gasteiger partial charge on any atom is -0.465 e. The average Bonchev–Trinajstić information content (AvgIpc) is 2.93. The number of methoxy groups -OCH3 is 1. The maximum atomic E-state index is 14.5. The number of hydrogen-bond acceptors (Lipinski definition) is 3. The maximum Gasteiger partial charge on any atom is 0.340 e. The van der Waals surface area contributed by atoms with Gasteiger partial charge in [-0.1, -0.05) is 23.7 Å². The summed E-state index contributed by atoms with van der Waals surface area (Å²) in [6.45, 7) is 0.177. The van der Waals surface area contributed by atoms with Crippen LogP contribution in [0.2, 0.25) is 5.02 Å². The van der Waals surface area contributed by atoms with Crippen molar-refractivity contribution in [2.45, 2.75) is 6.54 Å². The van der Waals surface area contributed by atoms with Gasteiger partial charge in [-0.15, -0.1) is 0 Å². The van der Waals surface area contributed by atoms with Gasteiger partial charge in [0.25, 0.3) is 0 Å². The summed E-state index contributed by atoms with van der Waals surface area (Å²) in [5.41, 5.74) is 1.43. The van der Waals surface area contributed by atoms with Crippen molar-refractivity contribution in [2.24, 2.45) is 0 Å². The van der Waals surface area contributed by atoms with Gasteiger partial charge in [0.15, 0.2) is 0 Å². The Hall–Kier alpha value is -2.84. The number of benzene rings is 2. The van der Waals surface area contributed by atoms with Gasteiger partial charge < -0.3 is 9.30 Å². The molecule has 0 radical (unpaired) electrons. The Morgan fingerprint density at radius 1 is 1.38 bits per heavy atom. The molecule has 120 valence electrons. The molecule has 0 saturated heterocycles. The summed E-state index contributed by atoms with van der Waals surface area (Å²) >= 11 is 5.98. The van der Waals surface area contributed by atoms with E-state index in [1.54, 1.807) is 41.1 Å². The average molecular weight is 343 g/mol. The lowest BCUT2D eigenvalue weighted by Crippen LogP contribution is -2.08. The highest BCUT2D eigenvalue weighted by Crippen LogP contribution is 2.26. The first-order chi connectivity index (χ1) is 11.5. The molecule has 1 aromatic heterocycles. The molecule has 0 unspecified atom stereocenters. The van der Waals surface area contributed by atoms with E-state index in [-0.39, 0.29) is 12.1 Å². The van der Waals surface area contributed by atoms with E-state index in [1.807, 2.05) is 0 Å². The molecule has 0 aliphatic heterocycles. The molecule has 0 atom stereocenters. The fourth-order valence-corrected chi connectivity index (χ4v) is 2.81. The molecule has 6 heteroatoms. The monoisotopic (exact) mass is 342 g/mol. The topological polar surface area (TPSA) is 55.0 Å². The van der Waals surface area contributed by atoms with Crippen molar-refractivity contribution in [2.75, 3.05) is 7.11 Å². The summed E-state index contributed by atoms with van der Waals surface area (Å²) in [7, 11) is 1.21. The van der Waals surface area contributed by atoms with Crippen LogP contribution in [0, 0.1) is 17.1 Å².